The number of anilines is 2. The standard InChI is InChI=1S/C25H30ClN3O2/c1-3-28(4-2)21-14-12-20(13-15-21)17-29(25-11-7-8-16-27-25)18-22(30)19-31-24-10-6-5-9-23(24)26/h5-16,22,30H,3-4,17-19H2,1-2H3. The summed E-state index contributed by atoms with van der Waals surface area (Å²) in [5.74, 6) is 1.38. The molecule has 0 fully saturated rings. The number of pyridine rings is 1. The van der Waals surface area contributed by atoms with Gasteiger partial charge in [0.15, 0.2) is 0 Å². The second-order valence-electron chi connectivity index (χ2n) is 7.30. The lowest BCUT2D eigenvalue weighted by atomic mass is 10.1. The van der Waals surface area contributed by atoms with E-state index in [-0.39, 0.29) is 6.61 Å². The van der Waals surface area contributed by atoms with Crippen LogP contribution < -0.4 is 14.5 Å². The molecule has 1 aromatic heterocycles. The molecule has 31 heavy (non-hydrogen) atoms. The lowest BCUT2D eigenvalue weighted by Crippen LogP contribution is -2.36. The van der Waals surface area contributed by atoms with Gasteiger partial charge in [-0.25, -0.2) is 4.98 Å². The Hall–Kier alpha value is -2.76. The summed E-state index contributed by atoms with van der Waals surface area (Å²) in [6.45, 7) is 7.45. The van der Waals surface area contributed by atoms with Crippen molar-refractivity contribution in [2.24, 2.45) is 0 Å². The van der Waals surface area contributed by atoms with Crippen LogP contribution in [0.1, 0.15) is 19.4 Å². The zero-order chi connectivity index (χ0) is 22.1. The van der Waals surface area contributed by atoms with Gasteiger partial charge in [-0.2, -0.15) is 0 Å². The molecule has 1 N–H and O–H groups in total. The number of ether oxygens (including phenoxy) is 1. The second-order valence-corrected chi connectivity index (χ2v) is 7.71. The Labute approximate surface area is 189 Å². The van der Waals surface area contributed by atoms with Crippen molar-refractivity contribution in [2.75, 3.05) is 36.0 Å². The molecule has 0 saturated heterocycles. The van der Waals surface area contributed by atoms with E-state index in [2.05, 4.69) is 52.9 Å². The summed E-state index contributed by atoms with van der Waals surface area (Å²) in [5.41, 5.74) is 2.37. The molecule has 1 heterocycles. The Kier molecular flexibility index (Phi) is 8.56. The lowest BCUT2D eigenvalue weighted by Gasteiger charge is -2.27. The quantitative estimate of drug-likeness (QED) is 0.454. The Morgan fingerprint density at radius 2 is 1.65 bits per heavy atom. The van der Waals surface area contributed by atoms with E-state index < -0.39 is 6.10 Å². The number of halogens is 1. The molecule has 0 bridgehead atoms. The van der Waals surface area contributed by atoms with E-state index in [9.17, 15) is 5.11 Å². The molecule has 3 rings (SSSR count). The van der Waals surface area contributed by atoms with Crippen LogP contribution in [0.5, 0.6) is 5.75 Å². The molecule has 3 aromatic rings. The van der Waals surface area contributed by atoms with Crippen LogP contribution in [0.2, 0.25) is 5.02 Å². The third-order valence-corrected chi connectivity index (χ3v) is 5.42. The van der Waals surface area contributed by atoms with Crippen molar-refractivity contribution >= 4 is 23.1 Å². The van der Waals surface area contributed by atoms with Crippen molar-refractivity contribution in [1.29, 1.82) is 0 Å². The van der Waals surface area contributed by atoms with E-state index >= 15 is 0 Å². The Morgan fingerprint density at radius 3 is 2.29 bits per heavy atom. The van der Waals surface area contributed by atoms with E-state index in [0.717, 1.165) is 24.5 Å². The van der Waals surface area contributed by atoms with E-state index in [1.807, 2.05) is 30.3 Å². The van der Waals surface area contributed by atoms with Crippen LogP contribution in [0.15, 0.2) is 72.9 Å². The van der Waals surface area contributed by atoms with Gasteiger partial charge < -0.3 is 19.6 Å². The van der Waals surface area contributed by atoms with Crippen LogP contribution in [0.3, 0.4) is 0 Å². The normalized spacial score (nSPS) is 11.7. The molecule has 0 amide bonds. The highest BCUT2D eigenvalue weighted by Crippen LogP contribution is 2.23. The number of aromatic nitrogens is 1. The SMILES string of the molecule is CCN(CC)c1ccc(CN(CC(O)COc2ccccc2Cl)c2ccccn2)cc1. The van der Waals surface area contributed by atoms with Crippen molar-refractivity contribution in [1.82, 2.24) is 4.98 Å². The van der Waals surface area contributed by atoms with Gasteiger partial charge in [0.05, 0.1) is 5.02 Å². The molecule has 0 radical (unpaired) electrons. The summed E-state index contributed by atoms with van der Waals surface area (Å²) >= 11 is 6.14. The summed E-state index contributed by atoms with van der Waals surface area (Å²) in [7, 11) is 0. The van der Waals surface area contributed by atoms with E-state index in [1.165, 1.54) is 5.69 Å². The van der Waals surface area contributed by atoms with Crippen molar-refractivity contribution in [3.05, 3.63) is 83.5 Å². The van der Waals surface area contributed by atoms with Gasteiger partial charge in [0.1, 0.15) is 24.3 Å². The minimum Gasteiger partial charge on any atom is -0.489 e. The van der Waals surface area contributed by atoms with Gasteiger partial charge in [0, 0.05) is 38.1 Å². The Morgan fingerprint density at radius 1 is 0.935 bits per heavy atom. The van der Waals surface area contributed by atoms with Gasteiger partial charge in [-0.3, -0.25) is 0 Å². The Balaban J connectivity index is 1.68. The van der Waals surface area contributed by atoms with Gasteiger partial charge >= 0.3 is 0 Å². The first-order valence-electron chi connectivity index (χ1n) is 10.7. The number of hydrogen-bond donors (Lipinski definition) is 1. The smallest absolute Gasteiger partial charge is 0.138 e. The highest BCUT2D eigenvalue weighted by molar-refractivity contribution is 6.32. The maximum Gasteiger partial charge on any atom is 0.138 e. The van der Waals surface area contributed by atoms with Crippen molar-refractivity contribution < 1.29 is 9.84 Å². The van der Waals surface area contributed by atoms with Crippen LogP contribution in [0, 0.1) is 0 Å². The molecule has 0 aliphatic carbocycles. The number of nitrogens with zero attached hydrogens (tertiary/aromatic N) is 3. The number of hydrogen-bond acceptors (Lipinski definition) is 5. The zero-order valence-corrected chi connectivity index (χ0v) is 18.9. The number of aliphatic hydroxyl groups excluding tert-OH is 1. The highest BCUT2D eigenvalue weighted by atomic mass is 35.5. The van der Waals surface area contributed by atoms with Crippen LogP contribution in [0.25, 0.3) is 0 Å². The second kappa shape index (κ2) is 11.6. The molecule has 1 unspecified atom stereocenters. The third-order valence-electron chi connectivity index (χ3n) is 5.11. The zero-order valence-electron chi connectivity index (χ0n) is 18.1. The fraction of sp³-hybridized carbons (Fsp3) is 0.320. The van der Waals surface area contributed by atoms with Crippen LogP contribution >= 0.6 is 11.6 Å². The number of benzene rings is 2. The van der Waals surface area contributed by atoms with Gasteiger partial charge in [-0.15, -0.1) is 0 Å². The van der Waals surface area contributed by atoms with Gasteiger partial charge in [0.25, 0.3) is 0 Å². The largest absolute Gasteiger partial charge is 0.489 e. The van der Waals surface area contributed by atoms with Gasteiger partial charge in [-0.1, -0.05) is 41.9 Å². The number of para-hydroxylation sites is 1. The molecule has 5 nitrogen and oxygen atoms in total. The summed E-state index contributed by atoms with van der Waals surface area (Å²) in [5, 5.41) is 11.2. The summed E-state index contributed by atoms with van der Waals surface area (Å²) in [6.07, 6.45) is 1.06. The minimum atomic E-state index is -0.701. The van der Waals surface area contributed by atoms with Crippen LogP contribution in [-0.2, 0) is 6.54 Å². The van der Waals surface area contributed by atoms with Crippen molar-refractivity contribution in [3.8, 4) is 5.75 Å². The summed E-state index contributed by atoms with van der Waals surface area (Å²) < 4.78 is 5.72. The monoisotopic (exact) mass is 439 g/mol. The first kappa shape index (κ1) is 22.9. The maximum absolute atomic E-state index is 10.6. The number of aliphatic hydroxyl groups is 1. The highest BCUT2D eigenvalue weighted by Gasteiger charge is 2.16. The summed E-state index contributed by atoms with van der Waals surface area (Å²) in [4.78, 5) is 8.86. The summed E-state index contributed by atoms with van der Waals surface area (Å²) in [6, 6.07) is 21.6. The third kappa shape index (κ3) is 6.61. The molecule has 2 aromatic carbocycles. The first-order valence-corrected chi connectivity index (χ1v) is 11.0. The number of rotatable bonds is 11. The molecular weight excluding hydrogens is 410 g/mol. The molecule has 0 saturated carbocycles. The fourth-order valence-electron chi connectivity index (χ4n) is 3.46. The predicted octanol–water partition coefficient (Wildman–Crippen LogP) is 5.03. The van der Waals surface area contributed by atoms with Gasteiger partial charge in [-0.05, 0) is 55.8 Å². The van der Waals surface area contributed by atoms with E-state index in [0.29, 0.717) is 23.9 Å². The van der Waals surface area contributed by atoms with E-state index in [1.54, 1.807) is 18.3 Å². The van der Waals surface area contributed by atoms with Gasteiger partial charge in [0.2, 0.25) is 0 Å². The molecular formula is C25H30ClN3O2. The molecule has 0 spiro atoms. The fourth-order valence-corrected chi connectivity index (χ4v) is 3.65. The molecule has 164 valence electrons. The minimum absolute atomic E-state index is 0.147. The average Bonchev–Trinajstić information content (AvgIpc) is 2.80. The Bertz CT molecular complexity index is 918. The molecule has 0 aliphatic heterocycles. The maximum atomic E-state index is 10.6. The lowest BCUT2D eigenvalue weighted by molar-refractivity contribution is 0.112. The average molecular weight is 440 g/mol. The van der Waals surface area contributed by atoms with Crippen molar-refractivity contribution in [2.45, 2.75) is 26.5 Å². The molecule has 6 heteroatoms. The topological polar surface area (TPSA) is 48.8 Å². The van der Waals surface area contributed by atoms with Crippen LogP contribution in [-0.4, -0.2) is 42.4 Å². The predicted molar refractivity (Wildman–Crippen MR) is 128 cm³/mol. The first-order chi connectivity index (χ1) is 15.1. The van der Waals surface area contributed by atoms with E-state index in [4.69, 9.17) is 16.3 Å². The molecule has 0 aliphatic rings. The van der Waals surface area contributed by atoms with Crippen molar-refractivity contribution in [3.63, 3.8) is 0 Å². The van der Waals surface area contributed by atoms with Crippen LogP contribution in [0.4, 0.5) is 11.5 Å². The molecule has 1 atom stereocenters.